The number of aliphatic hydroxyl groups excluding tert-OH is 2. The predicted octanol–water partition coefficient (Wildman–Crippen LogP) is -0.577. The molecule has 10 nitrogen and oxygen atoms in total. The van der Waals surface area contributed by atoms with Crippen LogP contribution in [0.15, 0.2) is 29.0 Å². The Labute approximate surface area is 183 Å². The number of nitrogens with zero attached hydrogens (tertiary/aromatic N) is 1. The van der Waals surface area contributed by atoms with E-state index in [1.165, 1.54) is 11.0 Å². The summed E-state index contributed by atoms with van der Waals surface area (Å²) in [4.78, 5) is 40.0. The van der Waals surface area contributed by atoms with Crippen molar-refractivity contribution in [3.05, 3.63) is 45.7 Å². The molecule has 1 fully saturated rings. The number of hydrogen-bond acceptors (Lipinski definition) is 9. The van der Waals surface area contributed by atoms with Gasteiger partial charge < -0.3 is 31.9 Å². The van der Waals surface area contributed by atoms with Crippen LogP contribution in [-0.2, 0) is 27.3 Å². The summed E-state index contributed by atoms with van der Waals surface area (Å²) >= 11 is 0. The van der Waals surface area contributed by atoms with Gasteiger partial charge in [0.1, 0.15) is 22.8 Å². The zero-order valence-electron chi connectivity index (χ0n) is 17.6. The van der Waals surface area contributed by atoms with Gasteiger partial charge in [0.15, 0.2) is 11.4 Å². The molecule has 8 N–H and O–H groups in total. The van der Waals surface area contributed by atoms with Gasteiger partial charge in [-0.3, -0.25) is 19.3 Å². The minimum atomic E-state index is -2.63. The van der Waals surface area contributed by atoms with E-state index in [1.807, 2.05) is 0 Å². The van der Waals surface area contributed by atoms with Gasteiger partial charge in [0.25, 0.3) is 5.91 Å². The average molecular weight is 443 g/mol. The van der Waals surface area contributed by atoms with E-state index in [0.717, 1.165) is 0 Å². The molecule has 0 radical (unpaired) electrons. The van der Waals surface area contributed by atoms with Gasteiger partial charge in [0.2, 0.25) is 5.78 Å². The molecular formula is C22H25N3O7. The topological polar surface area (TPSA) is 187 Å². The summed E-state index contributed by atoms with van der Waals surface area (Å²) in [5.74, 6) is -6.66. The number of ketones is 2. The summed E-state index contributed by atoms with van der Waals surface area (Å²) in [5, 5.41) is 43.6. The largest absolute Gasteiger partial charge is 0.508 e. The van der Waals surface area contributed by atoms with Crippen molar-refractivity contribution in [1.29, 1.82) is 0 Å². The van der Waals surface area contributed by atoms with Crippen LogP contribution in [0.1, 0.15) is 23.1 Å². The zero-order valence-corrected chi connectivity index (χ0v) is 17.6. The van der Waals surface area contributed by atoms with Crippen molar-refractivity contribution in [2.75, 3.05) is 14.1 Å². The van der Waals surface area contributed by atoms with Crippen molar-refractivity contribution in [2.45, 2.75) is 31.0 Å². The number of phenols is 1. The highest BCUT2D eigenvalue weighted by molar-refractivity contribution is 6.24. The number of benzene rings is 1. The van der Waals surface area contributed by atoms with Crippen LogP contribution in [0.4, 0.5) is 0 Å². The van der Waals surface area contributed by atoms with Crippen molar-refractivity contribution in [1.82, 2.24) is 4.90 Å². The first-order chi connectivity index (χ1) is 15.0. The summed E-state index contributed by atoms with van der Waals surface area (Å²) in [5.41, 5.74) is 8.76. The van der Waals surface area contributed by atoms with E-state index in [0.29, 0.717) is 11.1 Å². The Kier molecular flexibility index (Phi) is 4.92. The van der Waals surface area contributed by atoms with Crippen LogP contribution in [0.3, 0.4) is 0 Å². The van der Waals surface area contributed by atoms with Crippen molar-refractivity contribution in [3.8, 4) is 5.75 Å². The Morgan fingerprint density at radius 3 is 2.44 bits per heavy atom. The van der Waals surface area contributed by atoms with Gasteiger partial charge in [-0.25, -0.2) is 0 Å². The normalized spacial score (nSPS) is 29.7. The van der Waals surface area contributed by atoms with Gasteiger partial charge in [-0.05, 0) is 50.0 Å². The SMILES string of the molecule is CN(C)C1C(=O)C(C(N)=O)=C(O)C2(O)C(=O)C3=C(O)c4c(O)ccc(CN)c4CC3CC12. The number of phenolic OH excluding ortho intramolecular Hbond substituents is 1. The quantitative estimate of drug-likeness (QED) is 0.332. The second-order valence-electron chi connectivity index (χ2n) is 8.76. The second-order valence-corrected chi connectivity index (χ2v) is 8.76. The third kappa shape index (κ3) is 2.66. The number of likely N-dealkylation sites (N-methyl/N-ethyl adjacent to an activating group) is 1. The molecule has 4 rings (SSSR count). The summed E-state index contributed by atoms with van der Waals surface area (Å²) < 4.78 is 0. The van der Waals surface area contributed by atoms with Crippen molar-refractivity contribution >= 4 is 23.2 Å². The number of fused-ring (bicyclic) bond motifs is 3. The van der Waals surface area contributed by atoms with Crippen LogP contribution in [0.2, 0.25) is 0 Å². The molecule has 1 aromatic carbocycles. The van der Waals surface area contributed by atoms with Crippen LogP contribution >= 0.6 is 0 Å². The number of Topliss-reactive ketones (excluding diaryl/α,β-unsaturated/α-hetero) is 2. The number of carbonyl (C=O) groups excluding carboxylic acids is 3. The maximum Gasteiger partial charge on any atom is 0.255 e. The molecule has 0 aromatic heterocycles. The smallest absolute Gasteiger partial charge is 0.255 e. The third-order valence-electron chi connectivity index (χ3n) is 6.92. The van der Waals surface area contributed by atoms with E-state index in [1.54, 1.807) is 20.2 Å². The van der Waals surface area contributed by atoms with Crippen molar-refractivity contribution in [2.24, 2.45) is 23.3 Å². The number of rotatable bonds is 3. The second kappa shape index (κ2) is 7.16. The number of aromatic hydroxyl groups is 1. The lowest BCUT2D eigenvalue weighted by atomic mass is 9.57. The average Bonchev–Trinajstić information content (AvgIpc) is 2.70. The first-order valence-electron chi connectivity index (χ1n) is 10.1. The zero-order chi connectivity index (χ0) is 23.7. The minimum Gasteiger partial charge on any atom is -0.508 e. The van der Waals surface area contributed by atoms with Gasteiger partial charge in [-0.2, -0.15) is 0 Å². The number of primary amides is 1. The molecule has 3 aliphatic rings. The minimum absolute atomic E-state index is 0.0456. The van der Waals surface area contributed by atoms with Crippen LogP contribution in [0.25, 0.3) is 5.76 Å². The molecule has 0 spiro atoms. The molecule has 3 aliphatic carbocycles. The van der Waals surface area contributed by atoms with Crippen LogP contribution < -0.4 is 11.5 Å². The molecule has 170 valence electrons. The van der Waals surface area contributed by atoms with Gasteiger partial charge in [-0.1, -0.05) is 6.07 Å². The van der Waals surface area contributed by atoms with Crippen molar-refractivity contribution < 1.29 is 34.8 Å². The summed E-state index contributed by atoms with van der Waals surface area (Å²) in [6, 6.07) is 1.88. The molecule has 4 unspecified atom stereocenters. The molecular weight excluding hydrogens is 418 g/mol. The van der Waals surface area contributed by atoms with E-state index in [9.17, 15) is 34.8 Å². The first kappa shape index (κ1) is 22.0. The fourth-order valence-electron chi connectivity index (χ4n) is 5.50. The maximum absolute atomic E-state index is 13.6. The Balaban J connectivity index is 1.99. The molecule has 4 atom stereocenters. The molecule has 0 bridgehead atoms. The van der Waals surface area contributed by atoms with Crippen LogP contribution in [0.5, 0.6) is 5.75 Å². The highest BCUT2D eigenvalue weighted by atomic mass is 16.3. The lowest BCUT2D eigenvalue weighted by molar-refractivity contribution is -0.153. The molecule has 10 heteroatoms. The van der Waals surface area contributed by atoms with Gasteiger partial charge in [-0.15, -0.1) is 0 Å². The van der Waals surface area contributed by atoms with E-state index >= 15 is 0 Å². The van der Waals surface area contributed by atoms with Gasteiger partial charge in [0.05, 0.1) is 11.6 Å². The van der Waals surface area contributed by atoms with E-state index < -0.39 is 58.0 Å². The van der Waals surface area contributed by atoms with Gasteiger partial charge >= 0.3 is 0 Å². The first-order valence-corrected chi connectivity index (χ1v) is 10.1. The summed E-state index contributed by atoms with van der Waals surface area (Å²) in [7, 11) is 3.11. The number of hydrogen-bond donors (Lipinski definition) is 6. The molecule has 32 heavy (non-hydrogen) atoms. The fourth-order valence-corrected chi connectivity index (χ4v) is 5.50. The maximum atomic E-state index is 13.6. The number of aliphatic hydroxyl groups is 3. The molecule has 0 aliphatic heterocycles. The number of carbonyl (C=O) groups is 3. The van der Waals surface area contributed by atoms with E-state index in [2.05, 4.69) is 0 Å². The Morgan fingerprint density at radius 1 is 1.22 bits per heavy atom. The molecule has 0 heterocycles. The summed E-state index contributed by atoms with van der Waals surface area (Å²) in [6.45, 7) is 0.142. The highest BCUT2D eigenvalue weighted by Crippen LogP contribution is 2.52. The number of amides is 1. The molecule has 1 saturated carbocycles. The van der Waals surface area contributed by atoms with E-state index in [4.69, 9.17) is 11.5 Å². The van der Waals surface area contributed by atoms with Crippen LogP contribution in [0, 0.1) is 11.8 Å². The number of nitrogens with two attached hydrogens (primary N) is 2. The van der Waals surface area contributed by atoms with Crippen LogP contribution in [-0.4, -0.2) is 68.5 Å². The standard InChI is InChI=1S/C22H25N3O7/c1-25(2)16-11-6-9-5-10-8(7-23)3-4-12(26)14(10)17(27)13(9)19(29)22(11,32)20(30)15(18(16)28)21(24)31/h3-4,9,11,16,26-27,30,32H,5-7,23H2,1-2H3,(H2,24,31). The van der Waals surface area contributed by atoms with Crippen molar-refractivity contribution in [3.63, 3.8) is 0 Å². The molecule has 1 amide bonds. The predicted molar refractivity (Wildman–Crippen MR) is 112 cm³/mol. The Bertz CT molecular complexity index is 1140. The summed E-state index contributed by atoms with van der Waals surface area (Å²) in [6.07, 6.45) is 0.279. The monoisotopic (exact) mass is 443 g/mol. The molecule has 1 aromatic rings. The molecule has 0 saturated heterocycles. The lowest BCUT2D eigenvalue weighted by Crippen LogP contribution is -2.65. The lowest BCUT2D eigenvalue weighted by Gasteiger charge is -2.50. The Hall–Kier alpha value is -3.21. The fraction of sp³-hybridized carbons (Fsp3) is 0.409. The third-order valence-corrected chi connectivity index (χ3v) is 6.92. The highest BCUT2D eigenvalue weighted by Gasteiger charge is 2.64. The van der Waals surface area contributed by atoms with Gasteiger partial charge in [0, 0.05) is 18.0 Å². The Morgan fingerprint density at radius 2 is 1.88 bits per heavy atom. The van der Waals surface area contributed by atoms with E-state index in [-0.39, 0.29) is 36.3 Å².